The summed E-state index contributed by atoms with van der Waals surface area (Å²) < 4.78 is 55.2. The van der Waals surface area contributed by atoms with Crippen molar-refractivity contribution in [3.05, 3.63) is 87.5 Å². The first-order valence-electron chi connectivity index (χ1n) is 16.5. The number of carbonyl (C=O) groups excluding carboxylic acids is 4. The third-order valence-corrected chi connectivity index (χ3v) is 8.06. The lowest BCUT2D eigenvalue weighted by molar-refractivity contribution is -0.143. The summed E-state index contributed by atoms with van der Waals surface area (Å²) in [5.74, 6) is -5.17. The fraction of sp³-hybridized carbons (Fsp3) is 0.432. The molecule has 10 nitrogen and oxygen atoms in total. The van der Waals surface area contributed by atoms with E-state index in [1.807, 2.05) is 0 Å². The van der Waals surface area contributed by atoms with E-state index < -0.39 is 65.4 Å². The van der Waals surface area contributed by atoms with Crippen LogP contribution in [0.3, 0.4) is 0 Å². The number of carbonyl (C=O) groups is 4. The van der Waals surface area contributed by atoms with E-state index in [4.69, 9.17) is 9.47 Å². The zero-order chi connectivity index (χ0) is 36.9. The minimum absolute atomic E-state index is 0.0117. The molecule has 1 unspecified atom stereocenters. The maximum absolute atomic E-state index is 15.5. The first kappa shape index (κ1) is 37.9. The molecule has 2 atom stereocenters. The van der Waals surface area contributed by atoms with E-state index >= 15 is 8.78 Å². The number of hydrogen-bond acceptors (Lipinski definition) is 7. The number of nitrogens with zero attached hydrogens (tertiary/aromatic N) is 2. The number of benzene rings is 2. The second kappa shape index (κ2) is 15.7. The Hall–Kier alpha value is -4.94. The van der Waals surface area contributed by atoms with Gasteiger partial charge in [0.15, 0.2) is 11.6 Å². The Labute approximate surface area is 289 Å². The lowest BCUT2D eigenvalue weighted by Gasteiger charge is -2.24. The quantitative estimate of drug-likeness (QED) is 0.213. The van der Waals surface area contributed by atoms with Crippen molar-refractivity contribution in [2.75, 3.05) is 6.61 Å². The molecule has 1 aliphatic heterocycles. The van der Waals surface area contributed by atoms with E-state index in [-0.39, 0.29) is 42.9 Å². The zero-order valence-electron chi connectivity index (χ0n) is 29.3. The highest BCUT2D eigenvalue weighted by Crippen LogP contribution is 2.34. The molecule has 3 aromatic rings. The number of amides is 3. The first-order valence-corrected chi connectivity index (χ1v) is 16.5. The number of aryl methyl sites for hydroxylation is 2. The van der Waals surface area contributed by atoms with E-state index in [0.717, 1.165) is 11.6 Å². The Bertz CT molecular complexity index is 1770. The second-order valence-electron chi connectivity index (χ2n) is 13.3. The van der Waals surface area contributed by atoms with Crippen molar-refractivity contribution in [3.8, 4) is 11.1 Å². The molecule has 3 amide bonds. The normalized spacial score (nSPS) is 13.7. The average Bonchev–Trinajstić information content (AvgIpc) is 3.45. The molecular formula is C37H43F3N4O6. The van der Waals surface area contributed by atoms with Gasteiger partial charge in [-0.15, -0.1) is 0 Å². The van der Waals surface area contributed by atoms with Crippen LogP contribution in [0.1, 0.15) is 98.4 Å². The molecule has 50 heavy (non-hydrogen) atoms. The smallest absolute Gasteiger partial charge is 0.410 e. The number of esters is 1. The SMILES string of the molecule is CCC[C@H](NC(=O)c1ccc2c(n1)CN(C(=O)OC(C)(C)C)C2)C(=O)NC(CC(=O)OCC)c1cc(-c2c(C)cc(F)cc2C)cc(F)c1F. The van der Waals surface area contributed by atoms with Crippen LogP contribution in [0.25, 0.3) is 11.1 Å². The number of aromatic nitrogens is 1. The van der Waals surface area contributed by atoms with Crippen molar-refractivity contribution in [1.82, 2.24) is 20.5 Å². The van der Waals surface area contributed by atoms with Crippen molar-refractivity contribution in [1.29, 1.82) is 0 Å². The van der Waals surface area contributed by atoms with Gasteiger partial charge in [-0.3, -0.25) is 19.3 Å². The molecule has 1 aliphatic rings. The van der Waals surface area contributed by atoms with Crippen molar-refractivity contribution < 1.29 is 41.8 Å². The summed E-state index contributed by atoms with van der Waals surface area (Å²) in [6.45, 7) is 12.4. The Morgan fingerprint density at radius 1 is 0.960 bits per heavy atom. The van der Waals surface area contributed by atoms with Crippen LogP contribution in [0.15, 0.2) is 36.4 Å². The summed E-state index contributed by atoms with van der Waals surface area (Å²) in [7, 11) is 0. The van der Waals surface area contributed by atoms with E-state index in [2.05, 4.69) is 15.6 Å². The molecule has 2 aromatic carbocycles. The first-order chi connectivity index (χ1) is 23.5. The van der Waals surface area contributed by atoms with E-state index in [1.54, 1.807) is 54.5 Å². The van der Waals surface area contributed by atoms with Crippen LogP contribution < -0.4 is 10.6 Å². The summed E-state index contributed by atoms with van der Waals surface area (Å²) >= 11 is 0. The van der Waals surface area contributed by atoms with Crippen molar-refractivity contribution >= 4 is 23.9 Å². The molecule has 0 saturated carbocycles. The predicted octanol–water partition coefficient (Wildman–Crippen LogP) is 6.74. The Balaban J connectivity index is 1.59. The van der Waals surface area contributed by atoms with Crippen LogP contribution in [0.5, 0.6) is 0 Å². The second-order valence-corrected chi connectivity index (χ2v) is 13.3. The van der Waals surface area contributed by atoms with E-state index in [9.17, 15) is 23.6 Å². The van der Waals surface area contributed by atoms with E-state index in [0.29, 0.717) is 28.8 Å². The largest absolute Gasteiger partial charge is 0.466 e. The van der Waals surface area contributed by atoms with Gasteiger partial charge in [-0.2, -0.15) is 0 Å². The number of nitrogens with one attached hydrogen (secondary N) is 2. The molecule has 2 heterocycles. The molecule has 0 saturated heterocycles. The molecule has 0 bridgehead atoms. The number of halogens is 3. The highest BCUT2D eigenvalue weighted by Gasteiger charge is 2.32. The van der Waals surface area contributed by atoms with Gasteiger partial charge in [0.05, 0.1) is 37.9 Å². The fourth-order valence-electron chi connectivity index (χ4n) is 5.90. The van der Waals surface area contributed by atoms with E-state index in [1.165, 1.54) is 29.2 Å². The molecule has 268 valence electrons. The Morgan fingerprint density at radius 3 is 2.26 bits per heavy atom. The van der Waals surface area contributed by atoms with Crippen molar-refractivity contribution in [2.24, 2.45) is 0 Å². The third-order valence-electron chi connectivity index (χ3n) is 8.06. The Kier molecular flexibility index (Phi) is 11.9. The minimum atomic E-state index is -1.38. The molecule has 0 radical (unpaired) electrons. The van der Waals surface area contributed by atoms with Gasteiger partial charge in [0, 0.05) is 5.56 Å². The van der Waals surface area contributed by atoms with Gasteiger partial charge < -0.3 is 20.1 Å². The van der Waals surface area contributed by atoms with Gasteiger partial charge in [-0.1, -0.05) is 19.4 Å². The number of hydrogen-bond donors (Lipinski definition) is 2. The molecule has 2 N–H and O–H groups in total. The summed E-state index contributed by atoms with van der Waals surface area (Å²) in [5, 5.41) is 5.30. The molecule has 4 rings (SSSR count). The fourth-order valence-corrected chi connectivity index (χ4v) is 5.90. The molecule has 13 heteroatoms. The highest BCUT2D eigenvalue weighted by atomic mass is 19.2. The molecule has 1 aromatic heterocycles. The topological polar surface area (TPSA) is 127 Å². The molecular weight excluding hydrogens is 653 g/mol. The van der Waals surface area contributed by atoms with Gasteiger partial charge in [0.1, 0.15) is 23.2 Å². The number of rotatable bonds is 11. The molecule has 0 aliphatic carbocycles. The average molecular weight is 697 g/mol. The zero-order valence-corrected chi connectivity index (χ0v) is 29.3. The van der Waals surface area contributed by atoms with Crippen LogP contribution in [0, 0.1) is 31.3 Å². The van der Waals surface area contributed by atoms with Gasteiger partial charge in [0.25, 0.3) is 5.91 Å². The maximum Gasteiger partial charge on any atom is 0.410 e. The lowest BCUT2D eigenvalue weighted by atomic mass is 9.91. The van der Waals surface area contributed by atoms with Gasteiger partial charge >= 0.3 is 12.1 Å². The van der Waals surface area contributed by atoms with Crippen LogP contribution in [0.2, 0.25) is 0 Å². The van der Waals surface area contributed by atoms with Crippen LogP contribution in [0.4, 0.5) is 18.0 Å². The van der Waals surface area contributed by atoms with Gasteiger partial charge in [-0.25, -0.2) is 22.9 Å². The molecule has 0 fully saturated rings. The van der Waals surface area contributed by atoms with Gasteiger partial charge in [-0.05, 0) is 106 Å². The number of fused-ring (bicyclic) bond motifs is 1. The highest BCUT2D eigenvalue weighted by molar-refractivity contribution is 5.96. The summed E-state index contributed by atoms with van der Waals surface area (Å²) in [6.07, 6.45) is -0.409. The molecule has 0 spiro atoms. The lowest BCUT2D eigenvalue weighted by Crippen LogP contribution is -2.48. The summed E-state index contributed by atoms with van der Waals surface area (Å²) in [5.41, 5.74) is 1.93. The predicted molar refractivity (Wildman–Crippen MR) is 179 cm³/mol. The third kappa shape index (κ3) is 9.19. The maximum atomic E-state index is 15.5. The van der Waals surface area contributed by atoms with Crippen molar-refractivity contribution in [2.45, 2.75) is 98.5 Å². The number of pyridine rings is 1. The van der Waals surface area contributed by atoms with Gasteiger partial charge in [0.2, 0.25) is 5.91 Å². The minimum Gasteiger partial charge on any atom is -0.466 e. The Morgan fingerprint density at radius 2 is 1.64 bits per heavy atom. The standard InChI is InChI=1S/C37H43F3N4O6/c1-8-10-27(42-35(47)28-12-11-22-18-44(19-30(22)41-28)36(48)50-37(5,6)7)34(46)43-29(17-31(45)49-9-2)25-15-23(16-26(39)33(25)40)32-20(3)13-24(38)14-21(32)4/h11-16,27,29H,8-10,17-19H2,1-7H3,(H,42,47)(H,43,46)/t27-,29?/m0/s1. The summed E-state index contributed by atoms with van der Waals surface area (Å²) in [4.78, 5) is 58.2. The van der Waals surface area contributed by atoms with Crippen molar-refractivity contribution in [3.63, 3.8) is 0 Å². The number of ether oxygens (including phenoxy) is 2. The van der Waals surface area contributed by atoms with Crippen LogP contribution >= 0.6 is 0 Å². The van der Waals surface area contributed by atoms with Crippen LogP contribution in [-0.2, 0) is 32.2 Å². The monoisotopic (exact) mass is 696 g/mol. The summed E-state index contributed by atoms with van der Waals surface area (Å²) in [6, 6.07) is 5.48. The van der Waals surface area contributed by atoms with Crippen LogP contribution in [-0.4, -0.2) is 52.0 Å².